The Labute approximate surface area is 206 Å². The number of benzene rings is 1. The second kappa shape index (κ2) is 9.53. The molecule has 0 aliphatic carbocycles. The van der Waals surface area contributed by atoms with Crippen LogP contribution < -0.4 is 5.32 Å². The summed E-state index contributed by atoms with van der Waals surface area (Å²) in [6.45, 7) is 9.77. The molecule has 2 bridgehead atoms. The molecule has 3 heterocycles. The van der Waals surface area contributed by atoms with Crippen molar-refractivity contribution in [3.05, 3.63) is 29.3 Å². The van der Waals surface area contributed by atoms with Gasteiger partial charge in [0.1, 0.15) is 6.04 Å². The molecule has 1 aromatic rings. The number of hydrogen-bond donors (Lipinski definition) is 2. The highest BCUT2D eigenvalue weighted by atomic mass is 32.2. The smallest absolute Gasteiger partial charge is 0.310 e. The average Bonchev–Trinajstić information content (AvgIpc) is 3.42. The number of nitrogens with zero attached hydrogens (tertiary/aromatic N) is 1. The molecule has 2 amide bonds. The van der Waals surface area contributed by atoms with Crippen LogP contribution in [0.4, 0.5) is 5.69 Å². The van der Waals surface area contributed by atoms with Crippen molar-refractivity contribution < 1.29 is 24.2 Å². The van der Waals surface area contributed by atoms with E-state index in [9.17, 15) is 19.5 Å². The molecule has 4 rings (SSSR count). The molecular weight excluding hydrogens is 452 g/mol. The summed E-state index contributed by atoms with van der Waals surface area (Å²) in [5.41, 5.74) is 2.66. The zero-order valence-electron chi connectivity index (χ0n) is 20.7. The average molecular weight is 489 g/mol. The van der Waals surface area contributed by atoms with Crippen LogP contribution in [0.25, 0.3) is 0 Å². The Hall–Kier alpha value is -2.06. The fraction of sp³-hybridized carbons (Fsp3) is 0.654. The van der Waals surface area contributed by atoms with Gasteiger partial charge in [0, 0.05) is 10.9 Å². The van der Waals surface area contributed by atoms with Crippen LogP contribution in [-0.2, 0) is 19.1 Å². The number of nitrogens with one attached hydrogen (secondary N) is 1. The lowest BCUT2D eigenvalue weighted by atomic mass is 9.71. The summed E-state index contributed by atoms with van der Waals surface area (Å²) >= 11 is 1.62. The highest BCUT2D eigenvalue weighted by molar-refractivity contribution is 8.02. The summed E-state index contributed by atoms with van der Waals surface area (Å²) in [7, 11) is 0. The zero-order valence-corrected chi connectivity index (χ0v) is 21.5. The number of carbonyl (C=O) groups is 3. The summed E-state index contributed by atoms with van der Waals surface area (Å²) in [5.74, 6) is -1.72. The minimum Gasteiger partial charge on any atom is -0.466 e. The number of hydrogen-bond acceptors (Lipinski definition) is 6. The van der Waals surface area contributed by atoms with E-state index in [1.807, 2.05) is 45.9 Å². The van der Waals surface area contributed by atoms with Gasteiger partial charge >= 0.3 is 5.97 Å². The highest BCUT2D eigenvalue weighted by Crippen LogP contribution is 2.67. The number of fused-ring (bicyclic) bond motifs is 1. The molecular formula is C26H36N2O5S. The van der Waals surface area contributed by atoms with Crippen LogP contribution in [0.1, 0.15) is 51.2 Å². The van der Waals surface area contributed by atoms with Gasteiger partial charge in [0.15, 0.2) is 0 Å². The molecule has 34 heavy (non-hydrogen) atoms. The molecule has 3 saturated heterocycles. The van der Waals surface area contributed by atoms with Crippen molar-refractivity contribution in [2.75, 3.05) is 18.5 Å². The van der Waals surface area contributed by atoms with Gasteiger partial charge in [0.2, 0.25) is 11.8 Å². The molecule has 1 aromatic carbocycles. The number of amides is 2. The van der Waals surface area contributed by atoms with E-state index in [1.165, 1.54) is 0 Å². The first-order chi connectivity index (χ1) is 16.2. The molecule has 3 aliphatic rings. The maximum atomic E-state index is 14.0. The van der Waals surface area contributed by atoms with E-state index in [0.717, 1.165) is 23.2 Å². The Balaban J connectivity index is 1.77. The number of rotatable bonds is 8. The normalized spacial score (nSPS) is 30.6. The maximum Gasteiger partial charge on any atom is 0.310 e. The Morgan fingerprint density at radius 2 is 1.97 bits per heavy atom. The van der Waals surface area contributed by atoms with Crippen molar-refractivity contribution in [2.45, 2.75) is 76.0 Å². The lowest BCUT2D eigenvalue weighted by Crippen LogP contribution is -2.55. The van der Waals surface area contributed by atoms with Gasteiger partial charge in [-0.3, -0.25) is 14.4 Å². The number of para-hydroxylation sites is 1. The first-order valence-electron chi connectivity index (χ1n) is 12.3. The summed E-state index contributed by atoms with van der Waals surface area (Å²) in [5, 5.41) is 13.4. The number of aryl methyl sites for hydroxylation is 2. The molecule has 3 fully saturated rings. The number of ether oxygens (including phenoxy) is 1. The quantitative estimate of drug-likeness (QED) is 0.545. The number of likely N-dealkylation sites (tertiary alicyclic amines) is 1. The molecule has 3 aliphatic heterocycles. The Morgan fingerprint density at radius 1 is 1.29 bits per heavy atom. The van der Waals surface area contributed by atoms with Crippen molar-refractivity contribution in [1.82, 2.24) is 4.90 Å². The molecule has 1 spiro atoms. The number of thioether (sulfide) groups is 1. The molecule has 7 nitrogen and oxygen atoms in total. The zero-order chi connectivity index (χ0) is 24.8. The Bertz CT molecular complexity index is 962. The van der Waals surface area contributed by atoms with Crippen molar-refractivity contribution in [1.29, 1.82) is 0 Å². The second-order valence-corrected chi connectivity index (χ2v) is 11.9. The van der Waals surface area contributed by atoms with Crippen LogP contribution in [0.2, 0.25) is 0 Å². The van der Waals surface area contributed by atoms with Gasteiger partial charge in [-0.25, -0.2) is 0 Å². The monoisotopic (exact) mass is 488 g/mol. The summed E-state index contributed by atoms with van der Waals surface area (Å²) in [6, 6.07) is 4.61. The van der Waals surface area contributed by atoms with E-state index in [4.69, 9.17) is 4.74 Å². The van der Waals surface area contributed by atoms with E-state index < -0.39 is 28.7 Å². The Morgan fingerprint density at radius 3 is 2.56 bits per heavy atom. The Kier molecular flexibility index (Phi) is 7.02. The number of aliphatic hydroxyl groups excluding tert-OH is 1. The van der Waals surface area contributed by atoms with Crippen LogP contribution >= 0.6 is 11.8 Å². The first kappa shape index (κ1) is 25.0. The van der Waals surface area contributed by atoms with Crippen LogP contribution in [0, 0.1) is 31.6 Å². The van der Waals surface area contributed by atoms with Crippen molar-refractivity contribution >= 4 is 35.2 Å². The molecule has 6 atom stereocenters. The lowest BCUT2D eigenvalue weighted by molar-refractivity contribution is -0.154. The molecule has 0 radical (unpaired) electrons. The standard InChI is InChI=1S/C26H36N2O5S/c1-6-33-25(32)19-18-10-11-26(34-18)20(19)24(31)28(17(13-29)12-14(2)3)22(26)23(30)27-21-15(4)8-7-9-16(21)5/h7-9,14,17-20,22,29H,6,10-13H2,1-5H3,(H,27,30)/t17-,18+,19-,20+,22?,26?/m1/s1. The molecule has 186 valence electrons. The van der Waals surface area contributed by atoms with Crippen LogP contribution in [0.5, 0.6) is 0 Å². The first-order valence-corrected chi connectivity index (χ1v) is 13.2. The van der Waals surface area contributed by atoms with E-state index in [-0.39, 0.29) is 42.2 Å². The second-order valence-electron chi connectivity index (χ2n) is 10.3. The van der Waals surface area contributed by atoms with E-state index >= 15 is 0 Å². The number of esters is 1. The number of carbonyl (C=O) groups excluding carboxylic acids is 3. The van der Waals surface area contributed by atoms with Gasteiger partial charge in [-0.05, 0) is 57.1 Å². The minimum absolute atomic E-state index is 0.0247. The molecule has 2 unspecified atom stereocenters. The predicted molar refractivity (Wildman–Crippen MR) is 132 cm³/mol. The van der Waals surface area contributed by atoms with Gasteiger partial charge < -0.3 is 20.1 Å². The van der Waals surface area contributed by atoms with Gasteiger partial charge in [-0.2, -0.15) is 0 Å². The summed E-state index contributed by atoms with van der Waals surface area (Å²) in [6.07, 6.45) is 2.04. The van der Waals surface area contributed by atoms with E-state index in [2.05, 4.69) is 5.32 Å². The van der Waals surface area contributed by atoms with Gasteiger partial charge in [-0.15, -0.1) is 11.8 Å². The fourth-order valence-electron chi connectivity index (χ4n) is 6.31. The number of anilines is 1. The van der Waals surface area contributed by atoms with Gasteiger partial charge in [0.25, 0.3) is 0 Å². The van der Waals surface area contributed by atoms with E-state index in [0.29, 0.717) is 12.8 Å². The predicted octanol–water partition coefficient (Wildman–Crippen LogP) is 3.30. The van der Waals surface area contributed by atoms with Gasteiger partial charge in [0.05, 0.1) is 35.8 Å². The fourth-order valence-corrected chi connectivity index (χ4v) is 8.51. The van der Waals surface area contributed by atoms with E-state index in [1.54, 1.807) is 23.6 Å². The van der Waals surface area contributed by atoms with Crippen LogP contribution in [-0.4, -0.2) is 63.1 Å². The summed E-state index contributed by atoms with van der Waals surface area (Å²) in [4.78, 5) is 42.5. The summed E-state index contributed by atoms with van der Waals surface area (Å²) < 4.78 is 4.68. The lowest BCUT2D eigenvalue weighted by Gasteiger charge is -2.37. The SMILES string of the molecule is CCOC(=O)[C@@H]1[C@@H]2CCC3(S2)C(C(=O)Nc2c(C)cccc2C)N([C@@H](CO)CC(C)C)C(=O)[C@H]13. The highest BCUT2D eigenvalue weighted by Gasteiger charge is 2.74. The van der Waals surface area contributed by atoms with Gasteiger partial charge in [-0.1, -0.05) is 32.0 Å². The van der Waals surface area contributed by atoms with Crippen LogP contribution in [0.15, 0.2) is 18.2 Å². The molecule has 0 saturated carbocycles. The third-order valence-electron chi connectivity index (χ3n) is 7.62. The molecule has 0 aromatic heterocycles. The minimum atomic E-state index is -0.755. The van der Waals surface area contributed by atoms with Crippen molar-refractivity contribution in [3.8, 4) is 0 Å². The third kappa shape index (κ3) is 3.92. The van der Waals surface area contributed by atoms with Crippen molar-refractivity contribution in [3.63, 3.8) is 0 Å². The largest absolute Gasteiger partial charge is 0.466 e. The topological polar surface area (TPSA) is 95.9 Å². The van der Waals surface area contributed by atoms with Crippen molar-refractivity contribution in [2.24, 2.45) is 17.8 Å². The molecule has 2 N–H and O–H groups in total. The van der Waals surface area contributed by atoms with Crippen LogP contribution in [0.3, 0.4) is 0 Å². The number of aliphatic hydroxyl groups is 1. The molecule has 8 heteroatoms. The third-order valence-corrected chi connectivity index (χ3v) is 9.57. The maximum absolute atomic E-state index is 14.0.